The smallest absolute Gasteiger partial charge is 0.418 e. The molecule has 188 valence electrons. The van der Waals surface area contributed by atoms with Gasteiger partial charge in [-0.05, 0) is 43.0 Å². The van der Waals surface area contributed by atoms with Gasteiger partial charge in [0.05, 0.1) is 13.2 Å². The van der Waals surface area contributed by atoms with Crippen LogP contribution in [-0.2, 0) is 26.3 Å². The van der Waals surface area contributed by atoms with E-state index in [0.717, 1.165) is 28.9 Å². The summed E-state index contributed by atoms with van der Waals surface area (Å²) in [6.07, 6.45) is 1.56. The van der Waals surface area contributed by atoms with E-state index in [4.69, 9.17) is 9.47 Å². The molecule has 2 saturated heterocycles. The van der Waals surface area contributed by atoms with Crippen molar-refractivity contribution in [2.45, 2.75) is 37.3 Å². The molecule has 2 atom stereocenters. The van der Waals surface area contributed by atoms with Crippen molar-refractivity contribution < 1.29 is 28.7 Å². The summed E-state index contributed by atoms with van der Waals surface area (Å²) in [7, 11) is 3.11. The molecule has 5 rings (SSSR count). The Morgan fingerprint density at radius 2 is 2.00 bits per heavy atom. The van der Waals surface area contributed by atoms with Crippen LogP contribution in [0.2, 0.25) is 0 Å². The number of ether oxygens (including phenoxy) is 2. The fourth-order valence-electron chi connectivity index (χ4n) is 5.48. The highest BCUT2D eigenvalue weighted by Gasteiger charge is 2.58. The van der Waals surface area contributed by atoms with E-state index in [2.05, 4.69) is 10.6 Å². The predicted molar refractivity (Wildman–Crippen MR) is 129 cm³/mol. The van der Waals surface area contributed by atoms with E-state index in [9.17, 15) is 19.2 Å². The van der Waals surface area contributed by atoms with Crippen LogP contribution in [-0.4, -0.2) is 61.0 Å². The monoisotopic (exact) mass is 492 g/mol. The van der Waals surface area contributed by atoms with Crippen molar-refractivity contribution in [1.29, 1.82) is 0 Å². The highest BCUT2D eigenvalue weighted by atomic mass is 16.6. The van der Waals surface area contributed by atoms with E-state index in [0.29, 0.717) is 30.0 Å². The zero-order chi connectivity index (χ0) is 25.4. The van der Waals surface area contributed by atoms with Crippen LogP contribution in [0, 0.1) is 0 Å². The minimum absolute atomic E-state index is 0.185. The quantitative estimate of drug-likeness (QED) is 0.663. The van der Waals surface area contributed by atoms with Crippen LogP contribution in [0.25, 0.3) is 0 Å². The third-order valence-corrected chi connectivity index (χ3v) is 7.21. The Labute approximate surface area is 208 Å². The lowest BCUT2D eigenvalue weighted by Gasteiger charge is -2.27. The molecule has 2 N–H and O–H groups in total. The highest BCUT2D eigenvalue weighted by molar-refractivity contribution is 6.06. The maximum absolute atomic E-state index is 13.5. The minimum atomic E-state index is -1.44. The molecule has 2 aromatic rings. The van der Waals surface area contributed by atoms with Crippen molar-refractivity contribution in [3.05, 3.63) is 59.2 Å². The van der Waals surface area contributed by atoms with E-state index in [-0.39, 0.29) is 30.9 Å². The first-order chi connectivity index (χ1) is 17.4. The number of amides is 5. The van der Waals surface area contributed by atoms with E-state index in [1.165, 1.54) is 7.05 Å². The fourth-order valence-corrected chi connectivity index (χ4v) is 5.48. The topological polar surface area (TPSA) is 117 Å². The summed E-state index contributed by atoms with van der Waals surface area (Å²) in [5, 5.41) is 5.19. The molecular formula is C26H28N4O6. The Morgan fingerprint density at radius 1 is 1.19 bits per heavy atom. The number of nitrogens with one attached hydrogen (secondary N) is 2. The number of benzene rings is 2. The SMILES string of the molecule is CNC(=O)Nc1ccc2c(c1)CCC21OC(=O)N(CC(=O)N2CCCC2c2ccccc2OC)C1=O. The Balaban J connectivity index is 1.34. The molecule has 0 saturated carbocycles. The molecule has 1 aliphatic carbocycles. The maximum Gasteiger partial charge on any atom is 0.418 e. The van der Waals surface area contributed by atoms with Gasteiger partial charge in [0, 0.05) is 36.8 Å². The van der Waals surface area contributed by atoms with Gasteiger partial charge in [-0.1, -0.05) is 24.3 Å². The van der Waals surface area contributed by atoms with Crippen molar-refractivity contribution in [3.63, 3.8) is 0 Å². The van der Waals surface area contributed by atoms with Crippen molar-refractivity contribution in [1.82, 2.24) is 15.1 Å². The first-order valence-corrected chi connectivity index (χ1v) is 12.0. The number of likely N-dealkylation sites (tertiary alicyclic amines) is 1. The summed E-state index contributed by atoms with van der Waals surface area (Å²) in [6.45, 7) is 0.157. The largest absolute Gasteiger partial charge is 0.496 e. The lowest BCUT2D eigenvalue weighted by atomic mass is 9.94. The second kappa shape index (κ2) is 9.18. The summed E-state index contributed by atoms with van der Waals surface area (Å²) < 4.78 is 11.1. The summed E-state index contributed by atoms with van der Waals surface area (Å²) in [6, 6.07) is 12.2. The molecule has 10 nitrogen and oxygen atoms in total. The Morgan fingerprint density at radius 3 is 2.78 bits per heavy atom. The molecule has 2 aliphatic heterocycles. The predicted octanol–water partition coefficient (Wildman–Crippen LogP) is 2.93. The molecule has 10 heteroatoms. The van der Waals surface area contributed by atoms with Gasteiger partial charge in [-0.2, -0.15) is 0 Å². The molecule has 0 aromatic heterocycles. The Hall–Kier alpha value is -4.08. The van der Waals surface area contributed by atoms with Crippen LogP contribution in [0.4, 0.5) is 15.3 Å². The number of methoxy groups -OCH3 is 1. The average molecular weight is 493 g/mol. The number of hydrogen-bond donors (Lipinski definition) is 2. The number of rotatable bonds is 5. The number of aryl methyl sites for hydroxylation is 1. The van der Waals surface area contributed by atoms with Gasteiger partial charge in [-0.15, -0.1) is 0 Å². The van der Waals surface area contributed by atoms with Gasteiger partial charge >= 0.3 is 12.1 Å². The summed E-state index contributed by atoms with van der Waals surface area (Å²) in [5.74, 6) is -0.139. The Bertz CT molecular complexity index is 1250. The van der Waals surface area contributed by atoms with E-state index in [1.807, 2.05) is 24.3 Å². The van der Waals surface area contributed by atoms with Gasteiger partial charge in [0.25, 0.3) is 5.91 Å². The maximum atomic E-state index is 13.5. The van der Waals surface area contributed by atoms with Gasteiger partial charge in [0.2, 0.25) is 11.5 Å². The fraction of sp³-hybridized carbons (Fsp3) is 0.385. The van der Waals surface area contributed by atoms with Crippen LogP contribution in [0.3, 0.4) is 0 Å². The molecule has 1 spiro atoms. The van der Waals surface area contributed by atoms with Crippen LogP contribution < -0.4 is 15.4 Å². The molecule has 5 amide bonds. The number of carbonyl (C=O) groups excluding carboxylic acids is 4. The van der Waals surface area contributed by atoms with E-state index < -0.39 is 17.6 Å². The summed E-state index contributed by atoms with van der Waals surface area (Å²) >= 11 is 0. The first-order valence-electron chi connectivity index (χ1n) is 12.0. The molecule has 2 aromatic carbocycles. The van der Waals surface area contributed by atoms with Crippen molar-refractivity contribution in [2.24, 2.45) is 0 Å². The number of fused-ring (bicyclic) bond motifs is 2. The molecular weight excluding hydrogens is 464 g/mol. The van der Waals surface area contributed by atoms with Gasteiger partial charge < -0.3 is 25.0 Å². The molecule has 2 heterocycles. The van der Waals surface area contributed by atoms with Crippen LogP contribution in [0.15, 0.2) is 42.5 Å². The second-order valence-corrected chi connectivity index (χ2v) is 9.15. The number of imide groups is 1. The zero-order valence-electron chi connectivity index (χ0n) is 20.2. The Kier molecular flexibility index (Phi) is 6.03. The molecule has 2 unspecified atom stereocenters. The summed E-state index contributed by atoms with van der Waals surface area (Å²) in [5.41, 5.74) is 1.44. The zero-order valence-corrected chi connectivity index (χ0v) is 20.2. The number of nitrogens with zero attached hydrogens (tertiary/aromatic N) is 2. The van der Waals surface area contributed by atoms with Crippen molar-refractivity contribution >= 4 is 29.6 Å². The molecule has 3 aliphatic rings. The lowest BCUT2D eigenvalue weighted by molar-refractivity contribution is -0.142. The number of para-hydroxylation sites is 1. The number of urea groups is 1. The average Bonchev–Trinajstić information content (AvgIpc) is 3.57. The van der Waals surface area contributed by atoms with Gasteiger partial charge in [0.15, 0.2) is 0 Å². The van der Waals surface area contributed by atoms with Crippen molar-refractivity contribution in [2.75, 3.05) is 32.6 Å². The second-order valence-electron chi connectivity index (χ2n) is 9.15. The minimum Gasteiger partial charge on any atom is -0.496 e. The molecule has 36 heavy (non-hydrogen) atoms. The van der Waals surface area contributed by atoms with Crippen LogP contribution in [0.1, 0.15) is 42.0 Å². The van der Waals surface area contributed by atoms with Crippen LogP contribution >= 0.6 is 0 Å². The normalized spacial score (nSPS) is 22.6. The highest BCUT2D eigenvalue weighted by Crippen LogP contribution is 2.46. The number of carbonyl (C=O) groups is 4. The third kappa shape index (κ3) is 3.82. The van der Waals surface area contributed by atoms with Gasteiger partial charge in [-0.3, -0.25) is 9.59 Å². The number of hydrogen-bond acceptors (Lipinski definition) is 6. The third-order valence-electron chi connectivity index (χ3n) is 7.21. The van der Waals surface area contributed by atoms with E-state index >= 15 is 0 Å². The standard InChI is InChI=1S/C26H28N4O6/c1-27-24(33)28-17-9-10-19-16(14-17)11-12-26(19)23(32)30(25(34)36-26)15-22(31)29-13-5-7-20(29)18-6-3-4-8-21(18)35-2/h3-4,6,8-10,14,20H,5,7,11-13,15H2,1-2H3,(H2,27,28,33). The first kappa shape index (κ1) is 23.7. The van der Waals surface area contributed by atoms with Gasteiger partial charge in [-0.25, -0.2) is 14.5 Å². The molecule has 0 radical (unpaired) electrons. The molecule has 2 fully saturated rings. The van der Waals surface area contributed by atoms with Crippen molar-refractivity contribution in [3.8, 4) is 5.75 Å². The van der Waals surface area contributed by atoms with Gasteiger partial charge in [0.1, 0.15) is 12.3 Å². The van der Waals surface area contributed by atoms with Crippen LogP contribution in [0.5, 0.6) is 5.75 Å². The lowest BCUT2D eigenvalue weighted by Crippen LogP contribution is -2.44. The van der Waals surface area contributed by atoms with E-state index in [1.54, 1.807) is 30.2 Å². The summed E-state index contributed by atoms with van der Waals surface area (Å²) in [4.78, 5) is 54.0. The number of anilines is 1. The molecule has 0 bridgehead atoms.